The standard InChI is InChI=1S/C13H28BNO2/c1-5-6-12-11(7-13(14)17-12)8-15(4)16-9-10(2)3/h10-13H,5-9,14H2,1-4H3/t11?,12-,13-/m1/s1. The highest BCUT2D eigenvalue weighted by Crippen LogP contribution is 2.28. The van der Waals surface area contributed by atoms with Gasteiger partial charge >= 0.3 is 0 Å². The first-order valence-electron chi connectivity index (χ1n) is 7.02. The molecule has 3 nitrogen and oxygen atoms in total. The van der Waals surface area contributed by atoms with Gasteiger partial charge in [-0.25, -0.2) is 0 Å². The summed E-state index contributed by atoms with van der Waals surface area (Å²) >= 11 is 0. The van der Waals surface area contributed by atoms with Gasteiger partial charge < -0.3 is 4.74 Å². The molecule has 17 heavy (non-hydrogen) atoms. The Balaban J connectivity index is 2.32. The van der Waals surface area contributed by atoms with Gasteiger partial charge in [-0.05, 0) is 18.8 Å². The minimum Gasteiger partial charge on any atom is -0.384 e. The summed E-state index contributed by atoms with van der Waals surface area (Å²) in [5, 5.41) is 1.99. The van der Waals surface area contributed by atoms with Gasteiger partial charge in [0.1, 0.15) is 7.85 Å². The van der Waals surface area contributed by atoms with Crippen LogP contribution in [-0.4, -0.2) is 45.2 Å². The van der Waals surface area contributed by atoms with Crippen LogP contribution in [0, 0.1) is 11.8 Å². The first-order chi connectivity index (χ1) is 8.02. The minimum absolute atomic E-state index is 0.412. The molecule has 0 bridgehead atoms. The fraction of sp³-hybridized carbons (Fsp3) is 1.00. The molecule has 1 aliphatic rings. The van der Waals surface area contributed by atoms with Crippen LogP contribution in [0.25, 0.3) is 0 Å². The van der Waals surface area contributed by atoms with Crippen LogP contribution in [0.5, 0.6) is 0 Å². The van der Waals surface area contributed by atoms with E-state index in [2.05, 4.69) is 28.6 Å². The van der Waals surface area contributed by atoms with Gasteiger partial charge in [-0.1, -0.05) is 27.2 Å². The second kappa shape index (κ2) is 7.40. The lowest BCUT2D eigenvalue weighted by Gasteiger charge is -2.24. The Bertz CT molecular complexity index is 214. The molecule has 3 atom stereocenters. The van der Waals surface area contributed by atoms with Crippen LogP contribution in [0.15, 0.2) is 0 Å². The van der Waals surface area contributed by atoms with E-state index in [1.54, 1.807) is 0 Å². The number of nitrogens with zero attached hydrogens (tertiary/aromatic N) is 1. The van der Waals surface area contributed by atoms with E-state index >= 15 is 0 Å². The molecule has 0 aromatic heterocycles. The molecule has 4 heteroatoms. The van der Waals surface area contributed by atoms with Gasteiger partial charge in [0.25, 0.3) is 0 Å². The average Bonchev–Trinajstić information content (AvgIpc) is 2.57. The molecule has 0 aromatic carbocycles. The molecule has 0 amide bonds. The van der Waals surface area contributed by atoms with E-state index in [4.69, 9.17) is 9.57 Å². The van der Waals surface area contributed by atoms with Crippen molar-refractivity contribution in [2.45, 2.75) is 52.1 Å². The van der Waals surface area contributed by atoms with Crippen molar-refractivity contribution in [3.05, 3.63) is 0 Å². The van der Waals surface area contributed by atoms with Gasteiger partial charge in [-0.15, -0.1) is 0 Å². The van der Waals surface area contributed by atoms with Gasteiger partial charge in [0, 0.05) is 25.5 Å². The molecule has 0 N–H and O–H groups in total. The van der Waals surface area contributed by atoms with Crippen LogP contribution < -0.4 is 0 Å². The summed E-state index contributed by atoms with van der Waals surface area (Å²) in [5.41, 5.74) is 0. The fourth-order valence-corrected chi connectivity index (χ4v) is 2.48. The highest BCUT2D eigenvalue weighted by atomic mass is 16.7. The van der Waals surface area contributed by atoms with Crippen molar-refractivity contribution in [3.8, 4) is 0 Å². The zero-order chi connectivity index (χ0) is 12.8. The van der Waals surface area contributed by atoms with Crippen molar-refractivity contribution in [2.75, 3.05) is 20.2 Å². The Morgan fingerprint density at radius 1 is 1.47 bits per heavy atom. The molecule has 0 spiro atoms. The van der Waals surface area contributed by atoms with E-state index in [0.717, 1.165) is 13.2 Å². The van der Waals surface area contributed by atoms with Crippen LogP contribution >= 0.6 is 0 Å². The third-order valence-corrected chi connectivity index (χ3v) is 3.26. The molecule has 100 valence electrons. The molecule has 0 saturated carbocycles. The zero-order valence-corrected chi connectivity index (χ0v) is 12.1. The van der Waals surface area contributed by atoms with Crippen LogP contribution in [0.1, 0.15) is 40.0 Å². The van der Waals surface area contributed by atoms with Crippen molar-refractivity contribution in [1.82, 2.24) is 5.06 Å². The molecule has 1 aliphatic heterocycles. The summed E-state index contributed by atoms with van der Waals surface area (Å²) in [6.07, 6.45) is 3.97. The summed E-state index contributed by atoms with van der Waals surface area (Å²) in [4.78, 5) is 5.70. The lowest BCUT2D eigenvalue weighted by Crippen LogP contribution is -2.31. The molecule has 1 unspecified atom stereocenters. The van der Waals surface area contributed by atoms with Crippen molar-refractivity contribution < 1.29 is 9.57 Å². The van der Waals surface area contributed by atoms with Crippen molar-refractivity contribution in [1.29, 1.82) is 0 Å². The molecule has 1 saturated heterocycles. The Morgan fingerprint density at radius 3 is 2.76 bits per heavy atom. The maximum absolute atomic E-state index is 5.96. The molecule has 0 aliphatic carbocycles. The first-order valence-corrected chi connectivity index (χ1v) is 7.02. The molecule has 1 heterocycles. The van der Waals surface area contributed by atoms with E-state index in [1.165, 1.54) is 19.3 Å². The summed E-state index contributed by atoms with van der Waals surface area (Å²) in [6, 6.07) is 0.412. The van der Waals surface area contributed by atoms with Gasteiger partial charge in [0.05, 0.1) is 12.7 Å². The second-order valence-corrected chi connectivity index (χ2v) is 5.77. The average molecular weight is 241 g/mol. The number of hydrogen-bond acceptors (Lipinski definition) is 3. The lowest BCUT2D eigenvalue weighted by molar-refractivity contribution is -0.158. The number of ether oxygens (including phenoxy) is 1. The zero-order valence-electron chi connectivity index (χ0n) is 12.1. The van der Waals surface area contributed by atoms with E-state index in [-0.39, 0.29) is 0 Å². The maximum Gasteiger partial charge on any atom is 0.139 e. The Morgan fingerprint density at radius 2 is 2.18 bits per heavy atom. The fourth-order valence-electron chi connectivity index (χ4n) is 2.48. The first kappa shape index (κ1) is 15.0. The van der Waals surface area contributed by atoms with E-state index in [9.17, 15) is 0 Å². The lowest BCUT2D eigenvalue weighted by atomic mass is 9.90. The number of hydrogen-bond donors (Lipinski definition) is 0. The number of hydroxylamine groups is 2. The maximum atomic E-state index is 5.96. The summed E-state index contributed by atoms with van der Waals surface area (Å²) in [5.74, 6) is 1.21. The second-order valence-electron chi connectivity index (χ2n) is 5.77. The smallest absolute Gasteiger partial charge is 0.139 e. The molecule has 0 radical (unpaired) electrons. The predicted octanol–water partition coefficient (Wildman–Crippen LogP) is 1.67. The molecule has 1 fully saturated rings. The van der Waals surface area contributed by atoms with Crippen molar-refractivity contribution in [2.24, 2.45) is 11.8 Å². The summed E-state index contributed by atoms with van der Waals surface area (Å²) < 4.78 is 5.96. The quantitative estimate of drug-likeness (QED) is 0.500. The predicted molar refractivity (Wildman–Crippen MR) is 73.6 cm³/mol. The van der Waals surface area contributed by atoms with Gasteiger partial charge in [-0.2, -0.15) is 5.06 Å². The monoisotopic (exact) mass is 241 g/mol. The third kappa shape index (κ3) is 5.41. The van der Waals surface area contributed by atoms with Crippen LogP contribution in [0.3, 0.4) is 0 Å². The highest BCUT2D eigenvalue weighted by Gasteiger charge is 2.32. The van der Waals surface area contributed by atoms with Crippen LogP contribution in [0.2, 0.25) is 0 Å². The highest BCUT2D eigenvalue weighted by molar-refractivity contribution is 6.11. The topological polar surface area (TPSA) is 21.7 Å². The Labute approximate surface area is 107 Å². The Hall–Kier alpha value is -0.0551. The van der Waals surface area contributed by atoms with Crippen molar-refractivity contribution >= 4 is 7.85 Å². The molecule has 0 aromatic rings. The summed E-state index contributed by atoms with van der Waals surface area (Å²) in [7, 11) is 4.21. The normalized spacial score (nSPS) is 29.4. The molecule has 1 rings (SSSR count). The largest absolute Gasteiger partial charge is 0.384 e. The van der Waals surface area contributed by atoms with Crippen LogP contribution in [0.4, 0.5) is 0 Å². The molecular formula is C13H28BNO2. The minimum atomic E-state index is 0.412. The molecular weight excluding hydrogens is 213 g/mol. The van der Waals surface area contributed by atoms with Gasteiger partial charge in [-0.3, -0.25) is 4.84 Å². The summed E-state index contributed by atoms with van der Waals surface area (Å²) in [6.45, 7) is 8.37. The van der Waals surface area contributed by atoms with E-state index in [1.807, 2.05) is 12.1 Å². The SMILES string of the molecule is B[C@H]1CC(CN(C)OCC(C)C)[C@@H](CCC)O1. The van der Waals surface area contributed by atoms with Crippen LogP contribution in [-0.2, 0) is 9.57 Å². The van der Waals surface area contributed by atoms with Gasteiger partial charge in [0.2, 0.25) is 0 Å². The van der Waals surface area contributed by atoms with E-state index in [0.29, 0.717) is 23.9 Å². The van der Waals surface area contributed by atoms with E-state index < -0.39 is 0 Å². The third-order valence-electron chi connectivity index (χ3n) is 3.26. The van der Waals surface area contributed by atoms with Gasteiger partial charge in [0.15, 0.2) is 0 Å². The Kier molecular flexibility index (Phi) is 6.53. The number of rotatable bonds is 7. The van der Waals surface area contributed by atoms with Crippen molar-refractivity contribution in [3.63, 3.8) is 0 Å².